The van der Waals surface area contributed by atoms with Gasteiger partial charge < -0.3 is 10.6 Å². The Balaban J connectivity index is 1.74. The van der Waals surface area contributed by atoms with Crippen LogP contribution in [-0.2, 0) is 6.54 Å². The molecule has 7 nitrogen and oxygen atoms in total. The predicted octanol–water partition coefficient (Wildman–Crippen LogP) is 1.02. The lowest BCUT2D eigenvalue weighted by Crippen LogP contribution is -2.24. The van der Waals surface area contributed by atoms with Crippen LogP contribution in [-0.4, -0.2) is 33.7 Å². The molecule has 7 heteroatoms. The molecule has 2 amide bonds. The molecule has 0 bridgehead atoms. The Hall–Kier alpha value is -3.22. The second-order valence-corrected chi connectivity index (χ2v) is 4.95. The van der Waals surface area contributed by atoms with E-state index in [4.69, 9.17) is 0 Å². The quantitative estimate of drug-likeness (QED) is 0.753. The Morgan fingerprint density at radius 3 is 2.87 bits per heavy atom. The molecule has 23 heavy (non-hydrogen) atoms. The standard InChI is InChI=1S/C16H15N5O2/c1-17-15(22)12-5-2-4-11(8-12)9-18-16(23)13-6-3-7-21-14(13)10-19-20-21/h2-8,10H,9H2,1H3,(H,17,22)(H,18,23). The molecule has 2 heterocycles. The zero-order chi connectivity index (χ0) is 16.2. The average Bonchev–Trinajstić information content (AvgIpc) is 3.07. The van der Waals surface area contributed by atoms with E-state index >= 15 is 0 Å². The number of carbonyl (C=O) groups excluding carboxylic acids is 2. The zero-order valence-electron chi connectivity index (χ0n) is 12.5. The molecule has 0 fully saturated rings. The van der Waals surface area contributed by atoms with Gasteiger partial charge in [-0.1, -0.05) is 17.3 Å². The second kappa shape index (κ2) is 6.27. The Morgan fingerprint density at radius 2 is 2.04 bits per heavy atom. The minimum atomic E-state index is -0.219. The van der Waals surface area contributed by atoms with Crippen molar-refractivity contribution in [3.63, 3.8) is 0 Å². The van der Waals surface area contributed by atoms with Crippen LogP contribution in [0.15, 0.2) is 48.8 Å². The number of amides is 2. The maximum Gasteiger partial charge on any atom is 0.253 e. The summed E-state index contributed by atoms with van der Waals surface area (Å²) in [7, 11) is 1.58. The highest BCUT2D eigenvalue weighted by atomic mass is 16.2. The maximum absolute atomic E-state index is 12.3. The van der Waals surface area contributed by atoms with Crippen molar-refractivity contribution in [2.75, 3.05) is 7.05 Å². The first-order chi connectivity index (χ1) is 11.2. The Kier molecular flexibility index (Phi) is 4.01. The Labute approximate surface area is 132 Å². The summed E-state index contributed by atoms with van der Waals surface area (Å²) in [5.74, 6) is -0.378. The van der Waals surface area contributed by atoms with Crippen LogP contribution in [0.4, 0.5) is 0 Å². The topological polar surface area (TPSA) is 88.4 Å². The molecule has 3 aromatic rings. The first-order valence-electron chi connectivity index (χ1n) is 7.07. The first kappa shape index (κ1) is 14.7. The van der Waals surface area contributed by atoms with Crippen molar-refractivity contribution in [3.8, 4) is 0 Å². The van der Waals surface area contributed by atoms with Crippen molar-refractivity contribution in [1.29, 1.82) is 0 Å². The molecule has 2 N–H and O–H groups in total. The number of rotatable bonds is 4. The predicted molar refractivity (Wildman–Crippen MR) is 84.0 cm³/mol. The fourth-order valence-corrected chi connectivity index (χ4v) is 2.29. The summed E-state index contributed by atoms with van der Waals surface area (Å²) in [5, 5.41) is 13.1. The highest BCUT2D eigenvalue weighted by Crippen LogP contribution is 2.10. The molecule has 0 spiro atoms. The van der Waals surface area contributed by atoms with Crippen molar-refractivity contribution < 1.29 is 9.59 Å². The number of nitrogens with one attached hydrogen (secondary N) is 2. The summed E-state index contributed by atoms with van der Waals surface area (Å²) >= 11 is 0. The molecule has 3 rings (SSSR count). The molecule has 0 aliphatic rings. The zero-order valence-corrected chi connectivity index (χ0v) is 12.5. The largest absolute Gasteiger partial charge is 0.355 e. The summed E-state index contributed by atoms with van der Waals surface area (Å²) in [6.45, 7) is 0.326. The van der Waals surface area contributed by atoms with Gasteiger partial charge in [0.1, 0.15) is 0 Å². The Bertz CT molecular complexity index is 872. The van der Waals surface area contributed by atoms with E-state index in [0.717, 1.165) is 5.56 Å². The van der Waals surface area contributed by atoms with Crippen molar-refractivity contribution in [1.82, 2.24) is 25.5 Å². The van der Waals surface area contributed by atoms with Crippen molar-refractivity contribution in [2.24, 2.45) is 0 Å². The van der Waals surface area contributed by atoms with Gasteiger partial charge in [-0.25, -0.2) is 4.52 Å². The van der Waals surface area contributed by atoms with Crippen LogP contribution < -0.4 is 10.6 Å². The van der Waals surface area contributed by atoms with Gasteiger partial charge in [-0.05, 0) is 29.8 Å². The lowest BCUT2D eigenvalue weighted by atomic mass is 10.1. The highest BCUT2D eigenvalue weighted by Gasteiger charge is 2.11. The number of hydrogen-bond donors (Lipinski definition) is 2. The van der Waals surface area contributed by atoms with Gasteiger partial charge in [0.2, 0.25) is 0 Å². The third-order valence-electron chi connectivity index (χ3n) is 3.45. The molecule has 0 aliphatic heterocycles. The summed E-state index contributed by atoms with van der Waals surface area (Å²) in [6, 6.07) is 10.6. The van der Waals surface area contributed by atoms with E-state index in [1.807, 2.05) is 6.07 Å². The maximum atomic E-state index is 12.3. The van der Waals surface area contributed by atoms with Gasteiger partial charge in [-0.2, -0.15) is 0 Å². The van der Waals surface area contributed by atoms with Gasteiger partial charge in [0.15, 0.2) is 0 Å². The summed E-state index contributed by atoms with van der Waals surface area (Å²) in [4.78, 5) is 24.0. The molecular weight excluding hydrogens is 294 g/mol. The minimum Gasteiger partial charge on any atom is -0.355 e. The first-order valence-corrected chi connectivity index (χ1v) is 7.07. The number of pyridine rings is 1. The van der Waals surface area contributed by atoms with E-state index in [0.29, 0.717) is 23.2 Å². The molecular formula is C16H15N5O2. The molecule has 0 unspecified atom stereocenters. The van der Waals surface area contributed by atoms with Crippen LogP contribution in [0.3, 0.4) is 0 Å². The number of carbonyl (C=O) groups is 2. The number of hydrogen-bond acceptors (Lipinski definition) is 4. The number of aromatic nitrogens is 3. The van der Waals surface area contributed by atoms with Crippen LogP contribution >= 0.6 is 0 Å². The summed E-state index contributed by atoms with van der Waals surface area (Å²) < 4.78 is 1.54. The SMILES string of the molecule is CNC(=O)c1cccc(CNC(=O)c2cccn3nncc23)c1. The van der Waals surface area contributed by atoms with E-state index in [9.17, 15) is 9.59 Å². The van der Waals surface area contributed by atoms with Crippen LogP contribution in [0.25, 0.3) is 5.52 Å². The van der Waals surface area contributed by atoms with Crippen LogP contribution in [0.2, 0.25) is 0 Å². The van der Waals surface area contributed by atoms with Crippen molar-refractivity contribution >= 4 is 17.3 Å². The fourth-order valence-electron chi connectivity index (χ4n) is 2.29. The smallest absolute Gasteiger partial charge is 0.253 e. The molecule has 2 aromatic heterocycles. The third-order valence-corrected chi connectivity index (χ3v) is 3.45. The number of benzene rings is 1. The molecule has 0 radical (unpaired) electrons. The van der Waals surface area contributed by atoms with Crippen molar-refractivity contribution in [2.45, 2.75) is 6.54 Å². The average molecular weight is 309 g/mol. The van der Waals surface area contributed by atoms with Crippen LogP contribution in [0.5, 0.6) is 0 Å². The van der Waals surface area contributed by atoms with Crippen LogP contribution in [0, 0.1) is 0 Å². The van der Waals surface area contributed by atoms with E-state index in [2.05, 4.69) is 20.9 Å². The monoisotopic (exact) mass is 309 g/mol. The normalized spacial score (nSPS) is 10.5. The molecule has 0 atom stereocenters. The van der Waals surface area contributed by atoms with E-state index in [1.165, 1.54) is 0 Å². The van der Waals surface area contributed by atoms with E-state index in [-0.39, 0.29) is 11.8 Å². The Morgan fingerprint density at radius 1 is 1.17 bits per heavy atom. The van der Waals surface area contributed by atoms with Gasteiger partial charge in [-0.15, -0.1) is 5.10 Å². The minimum absolute atomic E-state index is 0.159. The number of fused-ring (bicyclic) bond motifs is 1. The van der Waals surface area contributed by atoms with E-state index < -0.39 is 0 Å². The summed E-state index contributed by atoms with van der Waals surface area (Å²) in [6.07, 6.45) is 3.27. The van der Waals surface area contributed by atoms with Gasteiger partial charge in [0.05, 0.1) is 17.3 Å². The molecule has 0 saturated heterocycles. The molecule has 1 aromatic carbocycles. The highest BCUT2D eigenvalue weighted by molar-refractivity contribution is 6.00. The van der Waals surface area contributed by atoms with Gasteiger partial charge in [0, 0.05) is 25.4 Å². The third kappa shape index (κ3) is 3.03. The van der Waals surface area contributed by atoms with Gasteiger partial charge in [0.25, 0.3) is 11.8 Å². The number of nitrogens with zero attached hydrogens (tertiary/aromatic N) is 3. The molecule has 116 valence electrons. The van der Waals surface area contributed by atoms with E-state index in [1.54, 1.807) is 54.3 Å². The van der Waals surface area contributed by atoms with Crippen LogP contribution in [0.1, 0.15) is 26.3 Å². The second-order valence-electron chi connectivity index (χ2n) is 4.95. The summed E-state index contributed by atoms with van der Waals surface area (Å²) in [5.41, 5.74) is 2.54. The van der Waals surface area contributed by atoms with Gasteiger partial charge >= 0.3 is 0 Å². The van der Waals surface area contributed by atoms with Crippen molar-refractivity contribution in [3.05, 3.63) is 65.5 Å². The fraction of sp³-hybridized carbons (Fsp3) is 0.125. The lowest BCUT2D eigenvalue weighted by molar-refractivity contribution is 0.0949. The lowest BCUT2D eigenvalue weighted by Gasteiger charge is -2.08. The molecule has 0 saturated carbocycles. The molecule has 0 aliphatic carbocycles. The van der Waals surface area contributed by atoms with Gasteiger partial charge in [-0.3, -0.25) is 9.59 Å².